The van der Waals surface area contributed by atoms with Crippen molar-refractivity contribution >= 4 is 40.0 Å². The van der Waals surface area contributed by atoms with Crippen molar-refractivity contribution in [3.05, 3.63) is 33.0 Å². The van der Waals surface area contributed by atoms with E-state index in [9.17, 15) is 9.59 Å². The molecule has 25 heavy (non-hydrogen) atoms. The van der Waals surface area contributed by atoms with Crippen LogP contribution in [0.25, 0.3) is 0 Å². The van der Waals surface area contributed by atoms with Gasteiger partial charge in [0.25, 0.3) is 0 Å². The van der Waals surface area contributed by atoms with Gasteiger partial charge < -0.3 is 14.6 Å². The average molecular weight is 383 g/mol. The van der Waals surface area contributed by atoms with Crippen molar-refractivity contribution in [2.45, 2.75) is 40.4 Å². The van der Waals surface area contributed by atoms with Gasteiger partial charge in [0.15, 0.2) is 0 Å². The second-order valence-electron chi connectivity index (χ2n) is 5.55. The maximum absolute atomic E-state index is 12.2. The predicted molar refractivity (Wildman–Crippen MR) is 101 cm³/mol. The highest BCUT2D eigenvalue weighted by Crippen LogP contribution is 2.33. The fourth-order valence-electron chi connectivity index (χ4n) is 2.28. The van der Waals surface area contributed by atoms with Crippen molar-refractivity contribution in [1.82, 2.24) is 5.16 Å². The van der Waals surface area contributed by atoms with Crippen LogP contribution in [0, 0.1) is 27.7 Å². The van der Waals surface area contributed by atoms with Crippen molar-refractivity contribution < 1.29 is 18.8 Å². The third-order valence-electron chi connectivity index (χ3n) is 3.78. The number of thiophene rings is 1. The summed E-state index contributed by atoms with van der Waals surface area (Å²) in [5, 5.41) is 7.30. The molecule has 0 aliphatic heterocycles. The van der Waals surface area contributed by atoms with Crippen LogP contribution in [-0.2, 0) is 15.3 Å². The van der Waals surface area contributed by atoms with E-state index in [0.717, 1.165) is 27.5 Å². The number of amides is 1. The zero-order chi connectivity index (χ0) is 18.6. The third-order valence-corrected chi connectivity index (χ3v) is 5.86. The molecule has 2 heterocycles. The number of nitrogens with one attached hydrogen (secondary N) is 1. The molecule has 0 aliphatic rings. The van der Waals surface area contributed by atoms with Gasteiger partial charge in [0.05, 0.1) is 23.6 Å². The molecule has 2 aromatic heterocycles. The largest absolute Gasteiger partial charge is 0.462 e. The Kier molecular flexibility index (Phi) is 6.66. The van der Waals surface area contributed by atoms with Crippen LogP contribution in [0.5, 0.6) is 0 Å². The summed E-state index contributed by atoms with van der Waals surface area (Å²) in [5.74, 6) is 1.16. The zero-order valence-corrected chi connectivity index (χ0v) is 16.7. The molecule has 0 atom stereocenters. The number of hydrogen-bond donors (Lipinski definition) is 1. The van der Waals surface area contributed by atoms with Gasteiger partial charge in [-0.15, -0.1) is 23.1 Å². The number of hydrogen-bond acceptors (Lipinski definition) is 7. The molecule has 1 amide bonds. The minimum absolute atomic E-state index is 0.149. The number of esters is 1. The van der Waals surface area contributed by atoms with Gasteiger partial charge in [-0.1, -0.05) is 5.16 Å². The van der Waals surface area contributed by atoms with Crippen LogP contribution < -0.4 is 5.32 Å². The molecule has 136 valence electrons. The molecule has 0 saturated carbocycles. The Morgan fingerprint density at radius 3 is 2.60 bits per heavy atom. The van der Waals surface area contributed by atoms with Crippen LogP contribution in [-0.4, -0.2) is 29.4 Å². The molecular weight excluding hydrogens is 360 g/mol. The van der Waals surface area contributed by atoms with Crippen LogP contribution in [0.2, 0.25) is 0 Å². The Morgan fingerprint density at radius 1 is 1.28 bits per heavy atom. The standard InChI is InChI=1S/C17H22N2O4S2/c1-6-22-17(21)15-9(2)12(5)25-16(15)18-14(20)8-24-7-13-10(3)19-23-11(13)4/h6-8H2,1-5H3,(H,18,20). The smallest absolute Gasteiger partial charge is 0.341 e. The first kappa shape index (κ1) is 19.5. The van der Waals surface area contributed by atoms with Crippen molar-refractivity contribution in [3.63, 3.8) is 0 Å². The fraction of sp³-hybridized carbons (Fsp3) is 0.471. The van der Waals surface area contributed by atoms with Gasteiger partial charge in [0.2, 0.25) is 5.91 Å². The Bertz CT molecular complexity index is 760. The van der Waals surface area contributed by atoms with E-state index in [1.54, 1.807) is 6.92 Å². The minimum Gasteiger partial charge on any atom is -0.462 e. The molecule has 1 N–H and O–H groups in total. The summed E-state index contributed by atoms with van der Waals surface area (Å²) in [6.07, 6.45) is 0. The summed E-state index contributed by atoms with van der Waals surface area (Å²) < 4.78 is 10.2. The molecular formula is C17H22N2O4S2. The lowest BCUT2D eigenvalue weighted by Crippen LogP contribution is -2.16. The van der Waals surface area contributed by atoms with Gasteiger partial charge in [-0.2, -0.15) is 0 Å². The Labute approximate surface area is 155 Å². The molecule has 0 radical (unpaired) electrons. The summed E-state index contributed by atoms with van der Waals surface area (Å²) in [7, 11) is 0. The highest BCUT2D eigenvalue weighted by atomic mass is 32.2. The SMILES string of the molecule is CCOC(=O)c1c(NC(=O)CSCc2c(C)noc2C)sc(C)c1C. The van der Waals surface area contributed by atoms with Gasteiger partial charge in [-0.05, 0) is 40.2 Å². The predicted octanol–water partition coefficient (Wildman–Crippen LogP) is 4.02. The van der Waals surface area contributed by atoms with Gasteiger partial charge in [0, 0.05) is 16.2 Å². The number of carbonyl (C=O) groups is 2. The third kappa shape index (κ3) is 4.64. The number of aromatic nitrogens is 1. The Balaban J connectivity index is 1.99. The van der Waals surface area contributed by atoms with Crippen LogP contribution in [0.3, 0.4) is 0 Å². The van der Waals surface area contributed by atoms with E-state index in [4.69, 9.17) is 9.26 Å². The molecule has 2 aromatic rings. The van der Waals surface area contributed by atoms with Gasteiger partial charge in [0.1, 0.15) is 10.8 Å². The summed E-state index contributed by atoms with van der Waals surface area (Å²) >= 11 is 2.87. The quantitative estimate of drug-likeness (QED) is 0.729. The molecule has 0 spiro atoms. The lowest BCUT2D eigenvalue weighted by molar-refractivity contribution is -0.113. The van der Waals surface area contributed by atoms with Crippen LogP contribution in [0.15, 0.2) is 4.52 Å². The number of nitrogens with zero attached hydrogens (tertiary/aromatic N) is 1. The topological polar surface area (TPSA) is 81.4 Å². The minimum atomic E-state index is -0.400. The molecule has 8 heteroatoms. The lowest BCUT2D eigenvalue weighted by atomic mass is 10.1. The molecule has 2 rings (SSSR count). The van der Waals surface area contributed by atoms with Crippen LogP contribution in [0.4, 0.5) is 5.00 Å². The van der Waals surface area contributed by atoms with Crippen molar-refractivity contribution in [1.29, 1.82) is 0 Å². The Morgan fingerprint density at radius 2 is 2.00 bits per heavy atom. The zero-order valence-electron chi connectivity index (χ0n) is 15.0. The van der Waals surface area contributed by atoms with E-state index in [0.29, 0.717) is 22.9 Å². The van der Waals surface area contributed by atoms with E-state index in [-0.39, 0.29) is 11.7 Å². The maximum atomic E-state index is 12.2. The molecule has 0 unspecified atom stereocenters. The normalized spacial score (nSPS) is 10.8. The van der Waals surface area contributed by atoms with Gasteiger partial charge in [-0.25, -0.2) is 4.79 Å². The molecule has 0 aliphatic carbocycles. The van der Waals surface area contributed by atoms with E-state index >= 15 is 0 Å². The molecule has 0 aromatic carbocycles. The molecule has 0 fully saturated rings. The van der Waals surface area contributed by atoms with E-state index in [1.165, 1.54) is 23.1 Å². The number of aryl methyl sites for hydroxylation is 3. The first-order chi connectivity index (χ1) is 11.8. The van der Waals surface area contributed by atoms with Crippen LogP contribution in [0.1, 0.15) is 44.7 Å². The van der Waals surface area contributed by atoms with Gasteiger partial charge in [-0.3, -0.25) is 4.79 Å². The fourth-order valence-corrected chi connectivity index (χ4v) is 4.32. The number of rotatable bonds is 7. The number of ether oxygens (including phenoxy) is 1. The van der Waals surface area contributed by atoms with E-state index < -0.39 is 5.97 Å². The monoisotopic (exact) mass is 382 g/mol. The highest BCUT2D eigenvalue weighted by molar-refractivity contribution is 7.99. The number of anilines is 1. The second-order valence-corrected chi connectivity index (χ2v) is 7.76. The van der Waals surface area contributed by atoms with Crippen molar-refractivity contribution in [2.24, 2.45) is 0 Å². The number of thioether (sulfide) groups is 1. The maximum Gasteiger partial charge on any atom is 0.341 e. The highest BCUT2D eigenvalue weighted by Gasteiger charge is 2.22. The van der Waals surface area contributed by atoms with E-state index in [2.05, 4.69) is 10.5 Å². The van der Waals surface area contributed by atoms with Gasteiger partial charge >= 0.3 is 5.97 Å². The van der Waals surface area contributed by atoms with E-state index in [1.807, 2.05) is 27.7 Å². The average Bonchev–Trinajstić information content (AvgIpc) is 3.00. The Hall–Kier alpha value is -1.80. The molecule has 6 nitrogen and oxygen atoms in total. The number of carbonyl (C=O) groups excluding carboxylic acids is 2. The summed E-state index contributed by atoms with van der Waals surface area (Å²) in [6.45, 7) is 9.59. The summed E-state index contributed by atoms with van der Waals surface area (Å²) in [4.78, 5) is 25.4. The van der Waals surface area contributed by atoms with Crippen LogP contribution >= 0.6 is 23.1 Å². The summed E-state index contributed by atoms with van der Waals surface area (Å²) in [6, 6.07) is 0. The van der Waals surface area contributed by atoms with Crippen molar-refractivity contribution in [2.75, 3.05) is 17.7 Å². The molecule has 0 saturated heterocycles. The second kappa shape index (κ2) is 8.53. The first-order valence-electron chi connectivity index (χ1n) is 7.91. The van der Waals surface area contributed by atoms with Crippen molar-refractivity contribution in [3.8, 4) is 0 Å². The first-order valence-corrected chi connectivity index (χ1v) is 9.88. The summed E-state index contributed by atoms with van der Waals surface area (Å²) in [5.41, 5.74) is 3.17. The molecule has 0 bridgehead atoms. The lowest BCUT2D eigenvalue weighted by Gasteiger charge is -2.07.